The number of nitrogens with one attached hydrogen (secondary N) is 1. The minimum Gasteiger partial charge on any atom is -0.332 e. The van der Waals surface area contributed by atoms with E-state index in [9.17, 15) is 0 Å². The summed E-state index contributed by atoms with van der Waals surface area (Å²) in [5.41, 5.74) is 0.941. The second-order valence-electron chi connectivity index (χ2n) is 1.47. The van der Waals surface area contributed by atoms with Crippen molar-refractivity contribution in [1.29, 1.82) is 0 Å². The highest BCUT2D eigenvalue weighted by Gasteiger charge is 1.79. The van der Waals surface area contributed by atoms with Crippen molar-refractivity contribution in [2.45, 2.75) is 6.92 Å². The Balaban J connectivity index is 3.96. The topological polar surface area (TPSA) is 12.0 Å². The molecule has 0 heterocycles. The first-order valence-electron chi connectivity index (χ1n) is 2.70. The first kappa shape index (κ1) is 8.37. The molecule has 0 aromatic heterocycles. The number of rotatable bonds is 3. The molecule has 9 heavy (non-hydrogen) atoms. The fraction of sp³-hybridized carbons (Fsp3) is 0.143. The maximum atomic E-state index is 3.87. The summed E-state index contributed by atoms with van der Waals surface area (Å²) in [7, 11) is 0. The Hall–Kier alpha value is -0.630. The van der Waals surface area contributed by atoms with Gasteiger partial charge in [-0.2, -0.15) is 0 Å². The van der Waals surface area contributed by atoms with Crippen LogP contribution >= 0.6 is 12.8 Å². The Morgan fingerprint density at radius 3 is 2.67 bits per heavy atom. The summed E-state index contributed by atoms with van der Waals surface area (Å²) < 4.78 is 2.70. The molecule has 50 valence electrons. The van der Waals surface area contributed by atoms with Crippen LogP contribution in [0.4, 0.5) is 0 Å². The Morgan fingerprint density at radius 1 is 1.67 bits per heavy atom. The summed E-state index contributed by atoms with van der Waals surface area (Å²) in [5.74, 6) is 0. The van der Waals surface area contributed by atoms with E-state index in [4.69, 9.17) is 0 Å². The monoisotopic (exact) mass is 141 g/mol. The summed E-state index contributed by atoms with van der Waals surface area (Å²) in [4.78, 5) is 0. The third-order valence-electron chi connectivity index (χ3n) is 0.773. The van der Waals surface area contributed by atoms with Crippen LogP contribution in [0, 0.1) is 0 Å². The number of thiol groups is 1. The predicted molar refractivity (Wildman–Crippen MR) is 45.2 cm³/mol. The maximum absolute atomic E-state index is 3.87. The minimum absolute atomic E-state index is 0.941. The van der Waals surface area contributed by atoms with E-state index in [1.54, 1.807) is 6.08 Å². The molecule has 0 aromatic carbocycles. The molecule has 2 heteroatoms. The molecule has 0 spiro atoms. The molecule has 0 saturated carbocycles. The standard InChI is InChI=1S/C7H11NS/c1-3-5-7(8-9)6-4-2/h3-6,8-9H,1H2,2H3/b6-4-,7-5+. The van der Waals surface area contributed by atoms with E-state index in [2.05, 4.69) is 24.1 Å². The van der Waals surface area contributed by atoms with Crippen molar-refractivity contribution < 1.29 is 0 Å². The summed E-state index contributed by atoms with van der Waals surface area (Å²) in [6.45, 7) is 5.49. The van der Waals surface area contributed by atoms with Crippen molar-refractivity contribution in [2.75, 3.05) is 0 Å². The van der Waals surface area contributed by atoms with Crippen LogP contribution in [0.2, 0.25) is 0 Å². The summed E-state index contributed by atoms with van der Waals surface area (Å²) >= 11 is 3.87. The van der Waals surface area contributed by atoms with Gasteiger partial charge in [-0.25, -0.2) is 0 Å². The summed E-state index contributed by atoms with van der Waals surface area (Å²) in [6, 6.07) is 0. The van der Waals surface area contributed by atoms with Gasteiger partial charge in [0.05, 0.1) is 0 Å². The molecule has 0 aromatic rings. The van der Waals surface area contributed by atoms with Gasteiger partial charge in [-0.05, 0) is 19.1 Å². The van der Waals surface area contributed by atoms with E-state index in [1.807, 2.05) is 25.2 Å². The van der Waals surface area contributed by atoms with Crippen molar-refractivity contribution in [2.24, 2.45) is 0 Å². The van der Waals surface area contributed by atoms with E-state index in [-0.39, 0.29) is 0 Å². The molecule has 0 bridgehead atoms. The van der Waals surface area contributed by atoms with E-state index in [1.165, 1.54) is 0 Å². The molecular formula is C7H11NS. The summed E-state index contributed by atoms with van der Waals surface area (Å²) in [5, 5.41) is 0. The van der Waals surface area contributed by atoms with Crippen LogP contribution in [0.3, 0.4) is 0 Å². The highest BCUT2D eigenvalue weighted by Crippen LogP contribution is 1.92. The second kappa shape index (κ2) is 5.51. The van der Waals surface area contributed by atoms with E-state index >= 15 is 0 Å². The molecule has 0 atom stereocenters. The molecule has 0 unspecified atom stereocenters. The SMILES string of the molecule is C=C/C=C(\C=C/C)NS. The van der Waals surface area contributed by atoms with Crippen LogP contribution in [0.1, 0.15) is 6.92 Å². The van der Waals surface area contributed by atoms with Gasteiger partial charge in [0.15, 0.2) is 0 Å². The van der Waals surface area contributed by atoms with Gasteiger partial charge in [0, 0.05) is 5.70 Å². The van der Waals surface area contributed by atoms with Gasteiger partial charge in [0.1, 0.15) is 0 Å². The van der Waals surface area contributed by atoms with Crippen molar-refractivity contribution >= 4 is 12.8 Å². The van der Waals surface area contributed by atoms with Gasteiger partial charge in [-0.3, -0.25) is 0 Å². The van der Waals surface area contributed by atoms with Crippen molar-refractivity contribution in [3.8, 4) is 0 Å². The lowest BCUT2D eigenvalue weighted by molar-refractivity contribution is 1.30. The highest BCUT2D eigenvalue weighted by atomic mass is 32.1. The van der Waals surface area contributed by atoms with Gasteiger partial charge in [0.25, 0.3) is 0 Å². The predicted octanol–water partition coefficient (Wildman–Crippen LogP) is 2.07. The molecule has 0 rings (SSSR count). The number of allylic oxidation sites excluding steroid dienone is 4. The Bertz CT molecular complexity index is 136. The zero-order valence-corrected chi connectivity index (χ0v) is 6.36. The highest BCUT2D eigenvalue weighted by molar-refractivity contribution is 7.78. The van der Waals surface area contributed by atoms with Crippen molar-refractivity contribution in [1.82, 2.24) is 4.72 Å². The van der Waals surface area contributed by atoms with Crippen LogP contribution in [-0.2, 0) is 0 Å². The quantitative estimate of drug-likeness (QED) is 0.453. The molecule has 0 fully saturated rings. The van der Waals surface area contributed by atoms with Gasteiger partial charge < -0.3 is 4.72 Å². The second-order valence-corrected chi connectivity index (χ2v) is 1.69. The van der Waals surface area contributed by atoms with Gasteiger partial charge in [-0.15, -0.1) is 0 Å². The fourth-order valence-electron chi connectivity index (χ4n) is 0.437. The normalized spacial score (nSPS) is 12.0. The molecule has 1 nitrogen and oxygen atoms in total. The lowest BCUT2D eigenvalue weighted by atomic mass is 10.4. The van der Waals surface area contributed by atoms with Crippen LogP contribution in [0.5, 0.6) is 0 Å². The largest absolute Gasteiger partial charge is 0.332 e. The maximum Gasteiger partial charge on any atom is 0.0434 e. The zero-order valence-electron chi connectivity index (χ0n) is 5.46. The number of hydrogen-bond acceptors (Lipinski definition) is 2. The third-order valence-corrected chi connectivity index (χ3v) is 1.03. The van der Waals surface area contributed by atoms with Crippen molar-refractivity contribution in [3.63, 3.8) is 0 Å². The molecule has 0 saturated heterocycles. The Kier molecular flexibility index (Phi) is 5.12. The molecule has 0 amide bonds. The molecule has 0 aliphatic carbocycles. The van der Waals surface area contributed by atoms with Crippen LogP contribution in [-0.4, -0.2) is 0 Å². The molecule has 1 N–H and O–H groups in total. The molecule has 0 radical (unpaired) electrons. The Labute approximate surface area is 61.7 Å². The Morgan fingerprint density at radius 2 is 2.33 bits per heavy atom. The van der Waals surface area contributed by atoms with Gasteiger partial charge in [0.2, 0.25) is 0 Å². The average molecular weight is 141 g/mol. The first-order valence-corrected chi connectivity index (χ1v) is 3.15. The smallest absolute Gasteiger partial charge is 0.0434 e. The lowest BCUT2D eigenvalue weighted by Crippen LogP contribution is -1.93. The lowest BCUT2D eigenvalue weighted by Gasteiger charge is -1.94. The van der Waals surface area contributed by atoms with Crippen molar-refractivity contribution in [3.05, 3.63) is 36.6 Å². The van der Waals surface area contributed by atoms with Crippen LogP contribution < -0.4 is 4.72 Å². The molecule has 0 aliphatic heterocycles. The third kappa shape index (κ3) is 3.91. The first-order chi connectivity index (χ1) is 4.35. The van der Waals surface area contributed by atoms with E-state index in [0.29, 0.717) is 0 Å². The van der Waals surface area contributed by atoms with Gasteiger partial charge in [-0.1, -0.05) is 31.5 Å². The minimum atomic E-state index is 0.941. The number of hydrogen-bond donors (Lipinski definition) is 2. The zero-order chi connectivity index (χ0) is 7.11. The van der Waals surface area contributed by atoms with E-state index in [0.717, 1.165) is 5.70 Å². The van der Waals surface area contributed by atoms with Crippen LogP contribution in [0.15, 0.2) is 36.6 Å². The summed E-state index contributed by atoms with van der Waals surface area (Å²) in [6.07, 6.45) is 7.39. The van der Waals surface area contributed by atoms with Crippen LogP contribution in [0.25, 0.3) is 0 Å². The fourth-order valence-corrected chi connectivity index (χ4v) is 0.586. The van der Waals surface area contributed by atoms with E-state index < -0.39 is 0 Å². The average Bonchev–Trinajstić information content (AvgIpc) is 1.88. The van der Waals surface area contributed by atoms with Gasteiger partial charge >= 0.3 is 0 Å². The molecular weight excluding hydrogens is 130 g/mol. The molecule has 0 aliphatic rings.